The van der Waals surface area contributed by atoms with Gasteiger partial charge in [0.05, 0.1) is 18.4 Å². The molecule has 0 saturated heterocycles. The lowest BCUT2D eigenvalue weighted by molar-refractivity contribution is -0.111. The summed E-state index contributed by atoms with van der Waals surface area (Å²) in [5, 5.41) is 7.30. The van der Waals surface area contributed by atoms with Crippen LogP contribution in [0.3, 0.4) is 0 Å². The zero-order chi connectivity index (χ0) is 20.8. The van der Waals surface area contributed by atoms with Gasteiger partial charge in [-0.1, -0.05) is 22.8 Å². The summed E-state index contributed by atoms with van der Waals surface area (Å²) in [6.07, 6.45) is 3.15. The molecule has 1 heterocycles. The molecule has 29 heavy (non-hydrogen) atoms. The second-order valence-electron chi connectivity index (χ2n) is 6.33. The number of ether oxygens (including phenoxy) is 2. The number of hydrogen-bond donors (Lipinski definition) is 1. The van der Waals surface area contributed by atoms with Crippen LogP contribution in [0.1, 0.15) is 22.6 Å². The molecule has 0 spiro atoms. The lowest BCUT2D eigenvalue weighted by Crippen LogP contribution is -2.07. The smallest absolute Gasteiger partial charge is 0.248 e. The Morgan fingerprint density at radius 2 is 1.93 bits per heavy atom. The van der Waals surface area contributed by atoms with E-state index in [1.807, 2.05) is 19.9 Å². The van der Waals surface area contributed by atoms with E-state index in [0.29, 0.717) is 28.8 Å². The summed E-state index contributed by atoms with van der Waals surface area (Å²) >= 11 is 5.84. The summed E-state index contributed by atoms with van der Waals surface area (Å²) in [6.45, 7) is 4.05. The van der Waals surface area contributed by atoms with Crippen molar-refractivity contribution in [2.45, 2.75) is 20.5 Å². The Morgan fingerprint density at radius 1 is 1.17 bits per heavy atom. The van der Waals surface area contributed by atoms with Crippen molar-refractivity contribution in [3.63, 3.8) is 0 Å². The van der Waals surface area contributed by atoms with Gasteiger partial charge in [-0.3, -0.25) is 4.79 Å². The van der Waals surface area contributed by atoms with Gasteiger partial charge in [0.2, 0.25) is 5.91 Å². The van der Waals surface area contributed by atoms with Crippen molar-refractivity contribution < 1.29 is 18.8 Å². The highest BCUT2D eigenvalue weighted by molar-refractivity contribution is 6.30. The predicted molar refractivity (Wildman–Crippen MR) is 112 cm³/mol. The molecule has 0 bridgehead atoms. The average Bonchev–Trinajstić information content (AvgIpc) is 3.04. The zero-order valence-electron chi connectivity index (χ0n) is 16.4. The highest BCUT2D eigenvalue weighted by Gasteiger charge is 2.12. The van der Waals surface area contributed by atoms with Gasteiger partial charge in [0.1, 0.15) is 12.4 Å². The summed E-state index contributed by atoms with van der Waals surface area (Å²) in [5.41, 5.74) is 3.19. The SMILES string of the molecule is COc1cc(C=CC(=O)Nc2ccc(Cl)cc2)ccc1OCc1c(C)noc1C. The first kappa shape index (κ1) is 20.5. The first-order chi connectivity index (χ1) is 14.0. The minimum Gasteiger partial charge on any atom is -0.493 e. The minimum atomic E-state index is -0.245. The number of rotatable bonds is 7. The number of aryl methyl sites for hydroxylation is 2. The van der Waals surface area contributed by atoms with E-state index in [4.69, 9.17) is 25.6 Å². The fraction of sp³-hybridized carbons (Fsp3) is 0.182. The standard InChI is InChI=1S/C22H21ClN2O4/c1-14-19(15(2)29-25-14)13-28-20-10-4-16(12-21(20)27-3)5-11-22(26)24-18-8-6-17(23)7-9-18/h4-12H,13H2,1-3H3,(H,24,26). The molecule has 0 atom stereocenters. The van der Waals surface area contributed by atoms with Crippen molar-refractivity contribution in [3.8, 4) is 11.5 Å². The number of carbonyl (C=O) groups excluding carboxylic acids is 1. The van der Waals surface area contributed by atoms with Crippen molar-refractivity contribution in [2.24, 2.45) is 0 Å². The van der Waals surface area contributed by atoms with Crippen LogP contribution < -0.4 is 14.8 Å². The molecule has 1 amide bonds. The Bertz CT molecular complexity index is 1010. The zero-order valence-corrected chi connectivity index (χ0v) is 17.1. The summed E-state index contributed by atoms with van der Waals surface area (Å²) in [4.78, 5) is 12.1. The first-order valence-corrected chi connectivity index (χ1v) is 9.31. The van der Waals surface area contributed by atoms with Crippen LogP contribution in [-0.2, 0) is 11.4 Å². The molecule has 7 heteroatoms. The molecule has 0 unspecified atom stereocenters. The molecule has 150 valence electrons. The van der Waals surface area contributed by atoms with Crippen LogP contribution in [0.25, 0.3) is 6.08 Å². The second-order valence-corrected chi connectivity index (χ2v) is 6.77. The highest BCUT2D eigenvalue weighted by atomic mass is 35.5. The number of nitrogens with one attached hydrogen (secondary N) is 1. The number of nitrogens with zero attached hydrogens (tertiary/aromatic N) is 1. The molecule has 3 rings (SSSR count). The molecule has 0 aliphatic heterocycles. The van der Waals surface area contributed by atoms with E-state index < -0.39 is 0 Å². The fourth-order valence-electron chi connectivity index (χ4n) is 2.65. The van der Waals surface area contributed by atoms with Gasteiger partial charge in [-0.25, -0.2) is 0 Å². The van der Waals surface area contributed by atoms with Crippen molar-refractivity contribution >= 4 is 29.3 Å². The number of anilines is 1. The van der Waals surface area contributed by atoms with Gasteiger partial charge in [0, 0.05) is 16.8 Å². The minimum absolute atomic E-state index is 0.245. The summed E-state index contributed by atoms with van der Waals surface area (Å²) in [5.74, 6) is 1.64. The molecule has 2 aromatic carbocycles. The third kappa shape index (κ3) is 5.39. The maximum absolute atomic E-state index is 12.1. The molecule has 0 radical (unpaired) electrons. The number of aromatic nitrogens is 1. The number of halogens is 1. The Balaban J connectivity index is 1.65. The van der Waals surface area contributed by atoms with E-state index in [1.165, 1.54) is 6.08 Å². The van der Waals surface area contributed by atoms with Crippen molar-refractivity contribution in [2.75, 3.05) is 12.4 Å². The summed E-state index contributed by atoms with van der Waals surface area (Å²) < 4.78 is 16.4. The third-order valence-electron chi connectivity index (χ3n) is 4.28. The number of amides is 1. The van der Waals surface area contributed by atoms with Crippen LogP contribution in [0.4, 0.5) is 5.69 Å². The Labute approximate surface area is 174 Å². The summed E-state index contributed by atoms with van der Waals surface area (Å²) in [7, 11) is 1.57. The van der Waals surface area contributed by atoms with Gasteiger partial charge in [0.15, 0.2) is 11.5 Å². The van der Waals surface area contributed by atoms with Crippen LogP contribution >= 0.6 is 11.6 Å². The van der Waals surface area contributed by atoms with Crippen LogP contribution in [0.5, 0.6) is 11.5 Å². The van der Waals surface area contributed by atoms with Crippen LogP contribution in [-0.4, -0.2) is 18.2 Å². The summed E-state index contributed by atoms with van der Waals surface area (Å²) in [6, 6.07) is 12.4. The first-order valence-electron chi connectivity index (χ1n) is 8.93. The Hall–Kier alpha value is -3.25. The largest absolute Gasteiger partial charge is 0.493 e. The lowest BCUT2D eigenvalue weighted by atomic mass is 10.2. The maximum Gasteiger partial charge on any atom is 0.248 e. The number of methoxy groups -OCH3 is 1. The number of benzene rings is 2. The van der Waals surface area contributed by atoms with E-state index in [-0.39, 0.29) is 5.91 Å². The van der Waals surface area contributed by atoms with E-state index >= 15 is 0 Å². The Kier molecular flexibility index (Phi) is 6.57. The van der Waals surface area contributed by atoms with Gasteiger partial charge >= 0.3 is 0 Å². The van der Waals surface area contributed by atoms with Crippen molar-refractivity contribution in [1.82, 2.24) is 5.16 Å². The average molecular weight is 413 g/mol. The van der Waals surface area contributed by atoms with Gasteiger partial charge in [0.25, 0.3) is 0 Å². The van der Waals surface area contributed by atoms with Crippen molar-refractivity contribution in [3.05, 3.63) is 76.1 Å². The van der Waals surface area contributed by atoms with Crippen LogP contribution in [0, 0.1) is 13.8 Å². The molecule has 3 aromatic rings. The number of hydrogen-bond acceptors (Lipinski definition) is 5. The molecule has 1 N–H and O–H groups in total. The quantitative estimate of drug-likeness (QED) is 0.541. The van der Waals surface area contributed by atoms with Gasteiger partial charge in [-0.2, -0.15) is 0 Å². The molecule has 0 fully saturated rings. The number of carbonyl (C=O) groups is 1. The predicted octanol–water partition coefficient (Wildman–Crippen LogP) is 5.18. The lowest BCUT2D eigenvalue weighted by Gasteiger charge is -2.11. The van der Waals surface area contributed by atoms with Crippen LogP contribution in [0.15, 0.2) is 53.1 Å². The molecule has 0 saturated carbocycles. The molecular formula is C22H21ClN2O4. The maximum atomic E-state index is 12.1. The van der Waals surface area contributed by atoms with E-state index in [2.05, 4.69) is 10.5 Å². The van der Waals surface area contributed by atoms with E-state index in [0.717, 1.165) is 22.6 Å². The molecule has 6 nitrogen and oxygen atoms in total. The van der Waals surface area contributed by atoms with Gasteiger partial charge < -0.3 is 19.3 Å². The van der Waals surface area contributed by atoms with E-state index in [1.54, 1.807) is 49.6 Å². The second kappa shape index (κ2) is 9.30. The monoisotopic (exact) mass is 412 g/mol. The van der Waals surface area contributed by atoms with Gasteiger partial charge in [-0.15, -0.1) is 0 Å². The van der Waals surface area contributed by atoms with Crippen LogP contribution in [0.2, 0.25) is 5.02 Å². The third-order valence-corrected chi connectivity index (χ3v) is 4.53. The Morgan fingerprint density at radius 3 is 2.59 bits per heavy atom. The molecule has 0 aliphatic rings. The van der Waals surface area contributed by atoms with Gasteiger partial charge in [-0.05, 0) is 61.9 Å². The highest BCUT2D eigenvalue weighted by Crippen LogP contribution is 2.30. The molecule has 1 aromatic heterocycles. The van der Waals surface area contributed by atoms with E-state index in [9.17, 15) is 4.79 Å². The molecule has 0 aliphatic carbocycles. The fourth-order valence-corrected chi connectivity index (χ4v) is 2.78. The topological polar surface area (TPSA) is 73.6 Å². The normalized spacial score (nSPS) is 10.9. The van der Waals surface area contributed by atoms with Crippen molar-refractivity contribution in [1.29, 1.82) is 0 Å². The molecular weight excluding hydrogens is 392 g/mol.